The van der Waals surface area contributed by atoms with Crippen molar-refractivity contribution in [2.75, 3.05) is 11.9 Å². The van der Waals surface area contributed by atoms with Crippen LogP contribution in [0, 0.1) is 0 Å². The summed E-state index contributed by atoms with van der Waals surface area (Å²) in [6.45, 7) is 0. The van der Waals surface area contributed by atoms with Gasteiger partial charge in [0.1, 0.15) is 0 Å². The highest BCUT2D eigenvalue weighted by molar-refractivity contribution is 9.10. The molecule has 0 unspecified atom stereocenters. The number of halogens is 1. The zero-order valence-corrected chi connectivity index (χ0v) is 9.98. The standard InChI is InChI=1S/C12H11BrN2/c1-15(12-6-8-14-9-7-12)11-4-2-10(13)3-5-11/h2-9H,1H3. The van der Waals surface area contributed by atoms with Crippen LogP contribution in [0.15, 0.2) is 53.3 Å². The number of hydrogen-bond donors (Lipinski definition) is 0. The number of hydrogen-bond acceptors (Lipinski definition) is 2. The quantitative estimate of drug-likeness (QED) is 0.822. The maximum atomic E-state index is 4.00. The van der Waals surface area contributed by atoms with Crippen LogP contribution in [0.5, 0.6) is 0 Å². The highest BCUT2D eigenvalue weighted by Gasteiger charge is 2.02. The molecule has 2 nitrogen and oxygen atoms in total. The summed E-state index contributed by atoms with van der Waals surface area (Å²) in [7, 11) is 2.04. The Morgan fingerprint density at radius 3 is 2.07 bits per heavy atom. The Morgan fingerprint density at radius 2 is 1.47 bits per heavy atom. The summed E-state index contributed by atoms with van der Waals surface area (Å²) < 4.78 is 1.09. The molecule has 0 aliphatic rings. The minimum atomic E-state index is 1.09. The smallest absolute Gasteiger partial charge is 0.0438 e. The van der Waals surface area contributed by atoms with E-state index in [9.17, 15) is 0 Å². The monoisotopic (exact) mass is 262 g/mol. The molecule has 15 heavy (non-hydrogen) atoms. The van der Waals surface area contributed by atoms with E-state index in [2.05, 4.69) is 37.9 Å². The molecule has 76 valence electrons. The lowest BCUT2D eigenvalue weighted by Gasteiger charge is -2.19. The zero-order chi connectivity index (χ0) is 10.7. The molecule has 1 heterocycles. The van der Waals surface area contributed by atoms with E-state index in [1.54, 1.807) is 12.4 Å². The van der Waals surface area contributed by atoms with Crippen LogP contribution < -0.4 is 4.90 Å². The Morgan fingerprint density at radius 1 is 0.933 bits per heavy atom. The third kappa shape index (κ3) is 2.36. The molecule has 0 bridgehead atoms. The van der Waals surface area contributed by atoms with Gasteiger partial charge in [-0.3, -0.25) is 4.98 Å². The van der Waals surface area contributed by atoms with Gasteiger partial charge in [0, 0.05) is 35.3 Å². The van der Waals surface area contributed by atoms with E-state index in [0.717, 1.165) is 15.8 Å². The van der Waals surface area contributed by atoms with Crippen molar-refractivity contribution in [3.8, 4) is 0 Å². The van der Waals surface area contributed by atoms with Gasteiger partial charge >= 0.3 is 0 Å². The van der Waals surface area contributed by atoms with Crippen LogP contribution in [0.4, 0.5) is 11.4 Å². The fourth-order valence-electron chi connectivity index (χ4n) is 1.38. The van der Waals surface area contributed by atoms with Crippen LogP contribution in [-0.4, -0.2) is 12.0 Å². The molecule has 0 saturated carbocycles. The van der Waals surface area contributed by atoms with Gasteiger partial charge in [0.15, 0.2) is 0 Å². The van der Waals surface area contributed by atoms with Crippen LogP contribution in [0.2, 0.25) is 0 Å². The number of pyridine rings is 1. The summed E-state index contributed by atoms with van der Waals surface area (Å²) in [5, 5.41) is 0. The second kappa shape index (κ2) is 4.45. The van der Waals surface area contributed by atoms with Crippen molar-refractivity contribution in [3.05, 3.63) is 53.3 Å². The number of nitrogens with zero attached hydrogens (tertiary/aromatic N) is 2. The first-order valence-corrected chi connectivity index (χ1v) is 5.46. The fourth-order valence-corrected chi connectivity index (χ4v) is 1.65. The van der Waals surface area contributed by atoms with Gasteiger partial charge in [-0.05, 0) is 36.4 Å². The van der Waals surface area contributed by atoms with Gasteiger partial charge in [0.05, 0.1) is 0 Å². The maximum Gasteiger partial charge on any atom is 0.0438 e. The Bertz CT molecular complexity index is 425. The van der Waals surface area contributed by atoms with Crippen LogP contribution in [0.1, 0.15) is 0 Å². The lowest BCUT2D eigenvalue weighted by atomic mass is 10.2. The van der Waals surface area contributed by atoms with Crippen molar-refractivity contribution >= 4 is 27.3 Å². The maximum absolute atomic E-state index is 4.00. The van der Waals surface area contributed by atoms with Crippen LogP contribution >= 0.6 is 15.9 Å². The Balaban J connectivity index is 2.29. The van der Waals surface area contributed by atoms with Crippen LogP contribution in [0.3, 0.4) is 0 Å². The molecular formula is C12H11BrN2. The van der Waals surface area contributed by atoms with Crippen LogP contribution in [0.25, 0.3) is 0 Å². The van der Waals surface area contributed by atoms with Gasteiger partial charge in [-0.15, -0.1) is 0 Å². The predicted octanol–water partition coefficient (Wildman–Crippen LogP) is 3.61. The Hall–Kier alpha value is -1.35. The van der Waals surface area contributed by atoms with Gasteiger partial charge in [-0.1, -0.05) is 15.9 Å². The van der Waals surface area contributed by atoms with E-state index in [1.165, 1.54) is 0 Å². The molecule has 3 heteroatoms. The molecule has 0 atom stereocenters. The molecule has 2 aromatic rings. The number of rotatable bonds is 2. The molecule has 0 spiro atoms. The summed E-state index contributed by atoms with van der Waals surface area (Å²) in [6.07, 6.45) is 3.59. The van der Waals surface area contributed by atoms with Crippen molar-refractivity contribution < 1.29 is 0 Å². The minimum Gasteiger partial charge on any atom is -0.345 e. The van der Waals surface area contributed by atoms with Crippen LogP contribution in [-0.2, 0) is 0 Å². The Labute approximate surface area is 97.7 Å². The molecule has 0 aliphatic carbocycles. The third-order valence-electron chi connectivity index (χ3n) is 2.26. The van der Waals surface area contributed by atoms with E-state index < -0.39 is 0 Å². The average Bonchev–Trinajstić information content (AvgIpc) is 2.30. The molecule has 2 rings (SSSR count). The molecule has 0 N–H and O–H groups in total. The fraction of sp³-hybridized carbons (Fsp3) is 0.0833. The minimum absolute atomic E-state index is 1.09. The molecule has 0 fully saturated rings. The number of aromatic nitrogens is 1. The summed E-state index contributed by atoms with van der Waals surface area (Å²) in [6, 6.07) is 12.2. The second-order valence-corrected chi connectivity index (χ2v) is 4.16. The lowest BCUT2D eigenvalue weighted by Crippen LogP contribution is -2.08. The summed E-state index contributed by atoms with van der Waals surface area (Å²) in [4.78, 5) is 6.12. The van der Waals surface area contributed by atoms with E-state index in [0.29, 0.717) is 0 Å². The Kier molecular flexibility index (Phi) is 3.02. The first-order valence-electron chi connectivity index (χ1n) is 4.67. The molecule has 1 aromatic heterocycles. The van der Waals surface area contributed by atoms with Crippen molar-refractivity contribution in [2.45, 2.75) is 0 Å². The molecule has 0 saturated heterocycles. The molecule has 0 radical (unpaired) electrons. The van der Waals surface area contributed by atoms with E-state index in [1.807, 2.05) is 31.3 Å². The van der Waals surface area contributed by atoms with E-state index >= 15 is 0 Å². The van der Waals surface area contributed by atoms with Crippen molar-refractivity contribution in [2.24, 2.45) is 0 Å². The van der Waals surface area contributed by atoms with Gasteiger partial charge in [0.25, 0.3) is 0 Å². The van der Waals surface area contributed by atoms with Gasteiger partial charge in [0.2, 0.25) is 0 Å². The molecular weight excluding hydrogens is 252 g/mol. The van der Waals surface area contributed by atoms with E-state index in [-0.39, 0.29) is 0 Å². The average molecular weight is 263 g/mol. The van der Waals surface area contributed by atoms with Gasteiger partial charge in [-0.25, -0.2) is 0 Å². The van der Waals surface area contributed by atoms with Crippen molar-refractivity contribution in [1.29, 1.82) is 0 Å². The first kappa shape index (κ1) is 10.2. The van der Waals surface area contributed by atoms with Gasteiger partial charge in [-0.2, -0.15) is 0 Å². The SMILES string of the molecule is CN(c1ccncc1)c1ccc(Br)cc1. The predicted molar refractivity (Wildman–Crippen MR) is 66.4 cm³/mol. The number of anilines is 2. The summed E-state index contributed by atoms with van der Waals surface area (Å²) in [5.41, 5.74) is 2.29. The normalized spacial score (nSPS) is 10.0. The van der Waals surface area contributed by atoms with E-state index in [4.69, 9.17) is 0 Å². The summed E-state index contributed by atoms with van der Waals surface area (Å²) in [5.74, 6) is 0. The zero-order valence-electron chi connectivity index (χ0n) is 8.39. The molecule has 1 aromatic carbocycles. The molecule has 0 aliphatic heterocycles. The van der Waals surface area contributed by atoms with Gasteiger partial charge < -0.3 is 4.90 Å². The third-order valence-corrected chi connectivity index (χ3v) is 2.79. The topological polar surface area (TPSA) is 16.1 Å². The highest BCUT2D eigenvalue weighted by Crippen LogP contribution is 2.23. The first-order chi connectivity index (χ1) is 7.27. The molecule has 0 amide bonds. The lowest BCUT2D eigenvalue weighted by molar-refractivity contribution is 1.19. The largest absolute Gasteiger partial charge is 0.345 e. The highest BCUT2D eigenvalue weighted by atomic mass is 79.9. The van der Waals surface area contributed by atoms with Crippen molar-refractivity contribution in [3.63, 3.8) is 0 Å². The summed E-state index contributed by atoms with van der Waals surface area (Å²) >= 11 is 3.42. The second-order valence-electron chi connectivity index (χ2n) is 3.24. The number of benzene rings is 1. The van der Waals surface area contributed by atoms with Crippen molar-refractivity contribution in [1.82, 2.24) is 4.98 Å².